The van der Waals surface area contributed by atoms with Crippen molar-refractivity contribution in [2.75, 3.05) is 19.5 Å². The molecule has 1 aliphatic rings. The van der Waals surface area contributed by atoms with Crippen LogP contribution in [0.25, 0.3) is 27.5 Å². The normalized spacial score (nSPS) is 12.0. The Morgan fingerprint density at radius 2 is 2.09 bits per heavy atom. The average molecular weight is 479 g/mol. The van der Waals surface area contributed by atoms with Crippen LogP contribution in [0.15, 0.2) is 42.7 Å². The molecular weight excluding hydrogens is 459 g/mol. The Morgan fingerprint density at radius 1 is 1.24 bits per heavy atom. The number of carbonyl (C=O) groups is 2. The third kappa shape index (κ3) is 3.69. The molecule has 9 nitrogen and oxygen atoms in total. The molecule has 1 aromatic carbocycles. The molecule has 2 amide bonds. The number of anilines is 1. The van der Waals surface area contributed by atoms with Gasteiger partial charge in [0.1, 0.15) is 11.5 Å². The number of aryl methyl sites for hydroxylation is 1. The molecular formula is C23H19FN6O3S. The lowest BCUT2D eigenvalue weighted by Crippen LogP contribution is -2.18. The van der Waals surface area contributed by atoms with Gasteiger partial charge in [-0.1, -0.05) is 11.3 Å². The van der Waals surface area contributed by atoms with Crippen LogP contribution in [-0.4, -0.2) is 45.9 Å². The lowest BCUT2D eigenvalue weighted by molar-refractivity contribution is 0.0962. The number of rotatable bonds is 4. The number of aromatic nitrogens is 4. The van der Waals surface area contributed by atoms with E-state index in [9.17, 15) is 9.59 Å². The number of thiazole rings is 1. The number of carbonyl (C=O) groups excluding carboxylic acids is 2. The predicted molar refractivity (Wildman–Crippen MR) is 125 cm³/mol. The topological polar surface area (TPSA) is 111 Å². The number of hydrogen-bond donors (Lipinski definition) is 2. The first-order chi connectivity index (χ1) is 16.5. The monoisotopic (exact) mass is 478 g/mol. The number of benzene rings is 1. The van der Waals surface area contributed by atoms with Crippen LogP contribution < -0.4 is 10.6 Å². The van der Waals surface area contributed by atoms with Gasteiger partial charge in [0.15, 0.2) is 5.13 Å². The highest BCUT2D eigenvalue weighted by Crippen LogP contribution is 2.44. The average Bonchev–Trinajstić information content (AvgIpc) is 3.44. The van der Waals surface area contributed by atoms with E-state index >= 15 is 4.39 Å². The van der Waals surface area contributed by atoms with Gasteiger partial charge in [0.25, 0.3) is 5.91 Å². The SMILES string of the molecule is CNC(=O)c1ccc(-n2nc(-c3cccnc3)c3c2-c2sc(NC(=O)OC)nc2CC3)c(F)c1. The maximum Gasteiger partial charge on any atom is 0.413 e. The van der Waals surface area contributed by atoms with Gasteiger partial charge in [-0.2, -0.15) is 5.10 Å². The first-order valence-corrected chi connectivity index (χ1v) is 11.2. The summed E-state index contributed by atoms with van der Waals surface area (Å²) >= 11 is 1.27. The van der Waals surface area contributed by atoms with Crippen LogP contribution >= 0.6 is 11.3 Å². The van der Waals surface area contributed by atoms with E-state index in [4.69, 9.17) is 5.10 Å². The van der Waals surface area contributed by atoms with Crippen molar-refractivity contribution < 1.29 is 18.7 Å². The largest absolute Gasteiger partial charge is 0.453 e. The highest BCUT2D eigenvalue weighted by atomic mass is 32.1. The minimum atomic E-state index is -0.619. The summed E-state index contributed by atoms with van der Waals surface area (Å²) in [6.45, 7) is 0. The van der Waals surface area contributed by atoms with Crippen molar-refractivity contribution in [2.24, 2.45) is 0 Å². The van der Waals surface area contributed by atoms with Crippen molar-refractivity contribution in [1.82, 2.24) is 25.1 Å². The molecule has 172 valence electrons. The molecule has 4 aromatic rings. The number of ether oxygens (including phenoxy) is 1. The molecule has 0 bridgehead atoms. The smallest absolute Gasteiger partial charge is 0.413 e. The molecule has 2 N–H and O–H groups in total. The number of amides is 2. The van der Waals surface area contributed by atoms with Gasteiger partial charge in [-0.25, -0.2) is 18.9 Å². The van der Waals surface area contributed by atoms with Crippen molar-refractivity contribution >= 4 is 28.5 Å². The summed E-state index contributed by atoms with van der Waals surface area (Å²) in [5.41, 5.74) is 4.32. The molecule has 5 rings (SSSR count). The first-order valence-electron chi connectivity index (χ1n) is 10.4. The lowest BCUT2D eigenvalue weighted by Gasteiger charge is -2.14. The summed E-state index contributed by atoms with van der Waals surface area (Å²) in [6, 6.07) is 7.99. The molecule has 0 aliphatic heterocycles. The van der Waals surface area contributed by atoms with Crippen LogP contribution in [0, 0.1) is 5.82 Å². The number of hydrogen-bond acceptors (Lipinski definition) is 7. The van der Waals surface area contributed by atoms with Gasteiger partial charge < -0.3 is 10.1 Å². The number of nitrogens with one attached hydrogen (secondary N) is 2. The Bertz CT molecular complexity index is 1420. The third-order valence-electron chi connectivity index (χ3n) is 5.50. The van der Waals surface area contributed by atoms with Crippen molar-refractivity contribution in [2.45, 2.75) is 12.8 Å². The van der Waals surface area contributed by atoms with E-state index in [1.807, 2.05) is 12.1 Å². The summed E-state index contributed by atoms with van der Waals surface area (Å²) in [6.07, 6.45) is 4.04. The number of fused-ring (bicyclic) bond motifs is 3. The fraction of sp³-hybridized carbons (Fsp3) is 0.174. The molecule has 1 aliphatic carbocycles. The van der Waals surface area contributed by atoms with E-state index in [1.165, 1.54) is 37.6 Å². The van der Waals surface area contributed by atoms with Crippen LogP contribution in [0.5, 0.6) is 0 Å². The fourth-order valence-corrected chi connectivity index (χ4v) is 4.99. The fourth-order valence-electron chi connectivity index (χ4n) is 3.94. The van der Waals surface area contributed by atoms with Crippen molar-refractivity contribution in [3.8, 4) is 27.5 Å². The summed E-state index contributed by atoms with van der Waals surface area (Å²) in [5, 5.41) is 10.3. The molecule has 0 unspecified atom stereocenters. The Morgan fingerprint density at radius 3 is 2.79 bits per heavy atom. The van der Waals surface area contributed by atoms with E-state index in [-0.39, 0.29) is 17.2 Å². The van der Waals surface area contributed by atoms with Gasteiger partial charge in [-0.05, 0) is 43.2 Å². The van der Waals surface area contributed by atoms with Crippen molar-refractivity contribution in [3.63, 3.8) is 0 Å². The summed E-state index contributed by atoms with van der Waals surface area (Å²) in [7, 11) is 2.77. The Balaban J connectivity index is 1.70. The van der Waals surface area contributed by atoms with Crippen molar-refractivity contribution in [1.29, 1.82) is 0 Å². The Hall–Kier alpha value is -4.12. The lowest BCUT2D eigenvalue weighted by atomic mass is 9.95. The minimum absolute atomic E-state index is 0.197. The third-order valence-corrected chi connectivity index (χ3v) is 6.52. The summed E-state index contributed by atoms with van der Waals surface area (Å²) in [4.78, 5) is 33.2. The van der Waals surface area contributed by atoms with Gasteiger partial charge >= 0.3 is 6.09 Å². The number of methoxy groups -OCH3 is 1. The molecule has 0 spiro atoms. The molecule has 11 heteroatoms. The molecule has 0 saturated carbocycles. The maximum atomic E-state index is 15.3. The first kappa shape index (κ1) is 21.7. The highest BCUT2D eigenvalue weighted by Gasteiger charge is 2.31. The summed E-state index contributed by atoms with van der Waals surface area (Å²) in [5.74, 6) is -0.971. The number of pyridine rings is 1. The van der Waals surface area contributed by atoms with E-state index < -0.39 is 11.9 Å². The standard InChI is InChI=1S/C23H19FN6O3S/c1-25-21(31)12-5-8-17(15(24)10-12)30-19-14(18(29-30)13-4-3-9-26-11-13)6-7-16-20(19)34-22(27-16)28-23(32)33-2/h3-5,8-11H,6-7H2,1-2H3,(H,25,31)(H,27,28,32). The van der Waals surface area contributed by atoms with Gasteiger partial charge in [0.2, 0.25) is 0 Å². The van der Waals surface area contributed by atoms with Crippen LogP contribution in [0.1, 0.15) is 21.6 Å². The van der Waals surface area contributed by atoms with Gasteiger partial charge in [0, 0.05) is 36.1 Å². The van der Waals surface area contributed by atoms with Gasteiger partial charge in [-0.3, -0.25) is 15.1 Å². The van der Waals surface area contributed by atoms with Gasteiger partial charge in [-0.15, -0.1) is 0 Å². The zero-order valence-corrected chi connectivity index (χ0v) is 19.1. The second kappa shape index (κ2) is 8.67. The van der Waals surface area contributed by atoms with E-state index in [1.54, 1.807) is 23.1 Å². The quantitative estimate of drug-likeness (QED) is 0.461. The zero-order chi connectivity index (χ0) is 23.8. The van der Waals surface area contributed by atoms with Crippen LogP contribution in [0.2, 0.25) is 0 Å². The van der Waals surface area contributed by atoms with E-state index in [2.05, 4.69) is 25.3 Å². The number of halogens is 1. The predicted octanol–water partition coefficient (Wildman–Crippen LogP) is 3.83. The summed E-state index contributed by atoms with van der Waals surface area (Å²) < 4.78 is 21.5. The maximum absolute atomic E-state index is 15.3. The molecule has 3 heterocycles. The molecule has 0 radical (unpaired) electrons. The second-order valence-electron chi connectivity index (χ2n) is 7.49. The van der Waals surface area contributed by atoms with Crippen LogP contribution in [0.4, 0.5) is 14.3 Å². The van der Waals surface area contributed by atoms with Gasteiger partial charge in [0.05, 0.1) is 29.1 Å². The Labute approximate surface area is 197 Å². The molecule has 34 heavy (non-hydrogen) atoms. The molecule has 0 saturated heterocycles. The molecule has 0 fully saturated rings. The minimum Gasteiger partial charge on any atom is -0.453 e. The second-order valence-corrected chi connectivity index (χ2v) is 8.49. The Kier molecular flexibility index (Phi) is 5.54. The molecule has 3 aromatic heterocycles. The van der Waals surface area contributed by atoms with Crippen molar-refractivity contribution in [3.05, 3.63) is 65.4 Å². The molecule has 0 atom stereocenters. The zero-order valence-electron chi connectivity index (χ0n) is 18.3. The highest BCUT2D eigenvalue weighted by molar-refractivity contribution is 7.19. The van der Waals surface area contributed by atoms with E-state index in [0.717, 1.165) is 21.7 Å². The van der Waals surface area contributed by atoms with E-state index in [0.29, 0.717) is 29.4 Å². The van der Waals surface area contributed by atoms with Crippen LogP contribution in [0.3, 0.4) is 0 Å². The number of nitrogens with zero attached hydrogens (tertiary/aromatic N) is 4. The van der Waals surface area contributed by atoms with Crippen LogP contribution in [-0.2, 0) is 17.6 Å².